The molecule has 0 radical (unpaired) electrons. The standard InChI is InChI=1S/C13H17N3O3/c1-15(2)12(17)11-8-16(13(18)14-11)9-4-6-10(19-3)7-5-9/h4-7,11H,8H2,1-3H3,(H,14,18). The minimum absolute atomic E-state index is 0.107. The summed E-state index contributed by atoms with van der Waals surface area (Å²) in [4.78, 5) is 26.7. The van der Waals surface area contributed by atoms with E-state index in [9.17, 15) is 9.59 Å². The predicted octanol–water partition coefficient (Wildman–Crippen LogP) is 0.682. The van der Waals surface area contributed by atoms with Crippen LogP contribution in [0.5, 0.6) is 5.75 Å². The van der Waals surface area contributed by atoms with Crippen molar-refractivity contribution in [3.63, 3.8) is 0 Å². The number of benzene rings is 1. The monoisotopic (exact) mass is 263 g/mol. The Morgan fingerprint density at radius 1 is 1.37 bits per heavy atom. The average molecular weight is 263 g/mol. The zero-order chi connectivity index (χ0) is 14.0. The number of anilines is 1. The Morgan fingerprint density at radius 3 is 2.53 bits per heavy atom. The minimum atomic E-state index is -0.496. The van der Waals surface area contributed by atoms with Crippen molar-refractivity contribution in [3.8, 4) is 5.75 Å². The van der Waals surface area contributed by atoms with Gasteiger partial charge in [0, 0.05) is 19.8 Å². The number of hydrogen-bond acceptors (Lipinski definition) is 3. The Morgan fingerprint density at radius 2 is 2.00 bits per heavy atom. The Hall–Kier alpha value is -2.24. The second kappa shape index (κ2) is 5.17. The summed E-state index contributed by atoms with van der Waals surface area (Å²) in [6.07, 6.45) is 0. The average Bonchev–Trinajstić information content (AvgIpc) is 2.80. The van der Waals surface area contributed by atoms with Gasteiger partial charge in [-0.25, -0.2) is 4.79 Å². The second-order valence-corrected chi connectivity index (χ2v) is 4.54. The molecule has 1 fully saturated rings. The summed E-state index contributed by atoms with van der Waals surface area (Å²) < 4.78 is 5.07. The first-order valence-corrected chi connectivity index (χ1v) is 5.96. The molecule has 19 heavy (non-hydrogen) atoms. The maximum absolute atomic E-state index is 11.9. The van der Waals surface area contributed by atoms with Crippen molar-refractivity contribution in [2.45, 2.75) is 6.04 Å². The number of nitrogens with zero attached hydrogens (tertiary/aromatic N) is 2. The largest absolute Gasteiger partial charge is 0.497 e. The fourth-order valence-electron chi connectivity index (χ4n) is 1.97. The van der Waals surface area contributed by atoms with Gasteiger partial charge in [0.05, 0.1) is 13.7 Å². The highest BCUT2D eigenvalue weighted by atomic mass is 16.5. The molecule has 0 spiro atoms. The summed E-state index contributed by atoms with van der Waals surface area (Å²) in [5, 5.41) is 2.68. The summed E-state index contributed by atoms with van der Waals surface area (Å²) >= 11 is 0. The van der Waals surface area contributed by atoms with Crippen LogP contribution in [0.3, 0.4) is 0 Å². The van der Waals surface area contributed by atoms with E-state index in [0.717, 1.165) is 11.4 Å². The molecule has 1 aliphatic heterocycles. The van der Waals surface area contributed by atoms with Crippen LogP contribution in [-0.4, -0.2) is 50.6 Å². The number of amides is 3. The lowest BCUT2D eigenvalue weighted by molar-refractivity contribution is -0.130. The number of nitrogens with one attached hydrogen (secondary N) is 1. The highest BCUT2D eigenvalue weighted by Crippen LogP contribution is 2.22. The van der Waals surface area contributed by atoms with Gasteiger partial charge in [-0.2, -0.15) is 0 Å². The van der Waals surface area contributed by atoms with Crippen molar-refractivity contribution < 1.29 is 14.3 Å². The number of likely N-dealkylation sites (N-methyl/N-ethyl adjacent to an activating group) is 1. The lowest BCUT2D eigenvalue weighted by Crippen LogP contribution is -2.42. The molecule has 0 aliphatic carbocycles. The Bertz CT molecular complexity index is 484. The van der Waals surface area contributed by atoms with Gasteiger partial charge in [-0.3, -0.25) is 9.69 Å². The van der Waals surface area contributed by atoms with Gasteiger partial charge < -0.3 is 15.0 Å². The van der Waals surface area contributed by atoms with Crippen LogP contribution in [0.25, 0.3) is 0 Å². The van der Waals surface area contributed by atoms with Crippen molar-refractivity contribution in [3.05, 3.63) is 24.3 Å². The van der Waals surface area contributed by atoms with Crippen LogP contribution in [0.1, 0.15) is 0 Å². The van der Waals surface area contributed by atoms with Gasteiger partial charge in [0.1, 0.15) is 11.8 Å². The van der Waals surface area contributed by atoms with Crippen molar-refractivity contribution in [2.75, 3.05) is 32.6 Å². The quantitative estimate of drug-likeness (QED) is 0.872. The molecule has 1 aliphatic rings. The number of methoxy groups -OCH3 is 1. The third-order valence-corrected chi connectivity index (χ3v) is 3.03. The van der Waals surface area contributed by atoms with Crippen molar-refractivity contribution in [1.82, 2.24) is 10.2 Å². The van der Waals surface area contributed by atoms with Gasteiger partial charge >= 0.3 is 6.03 Å². The molecule has 1 heterocycles. The van der Waals surface area contributed by atoms with Crippen LogP contribution < -0.4 is 15.0 Å². The van der Waals surface area contributed by atoms with E-state index >= 15 is 0 Å². The highest BCUT2D eigenvalue weighted by Gasteiger charge is 2.34. The second-order valence-electron chi connectivity index (χ2n) is 4.54. The fourth-order valence-corrected chi connectivity index (χ4v) is 1.97. The topological polar surface area (TPSA) is 61.9 Å². The number of hydrogen-bond donors (Lipinski definition) is 1. The summed E-state index contributed by atoms with van der Waals surface area (Å²) in [5.74, 6) is 0.619. The van der Waals surface area contributed by atoms with E-state index in [1.54, 1.807) is 50.4 Å². The van der Waals surface area contributed by atoms with Crippen LogP contribution in [0.15, 0.2) is 24.3 Å². The lowest BCUT2D eigenvalue weighted by Gasteiger charge is -2.16. The third kappa shape index (κ3) is 2.62. The zero-order valence-electron chi connectivity index (χ0n) is 11.2. The van der Waals surface area contributed by atoms with Gasteiger partial charge in [-0.1, -0.05) is 0 Å². The molecule has 1 unspecified atom stereocenters. The molecule has 3 amide bonds. The number of carbonyl (C=O) groups is 2. The fraction of sp³-hybridized carbons (Fsp3) is 0.385. The van der Waals surface area contributed by atoms with E-state index in [2.05, 4.69) is 5.32 Å². The number of rotatable bonds is 3. The number of urea groups is 1. The predicted molar refractivity (Wildman–Crippen MR) is 71.4 cm³/mol. The molecule has 102 valence electrons. The summed E-state index contributed by atoms with van der Waals surface area (Å²) in [6.45, 7) is 0.335. The van der Waals surface area contributed by atoms with E-state index in [1.165, 1.54) is 4.90 Å². The zero-order valence-corrected chi connectivity index (χ0v) is 11.2. The maximum Gasteiger partial charge on any atom is 0.322 e. The van der Waals surface area contributed by atoms with Crippen LogP contribution in [0, 0.1) is 0 Å². The van der Waals surface area contributed by atoms with Gasteiger partial charge in [-0.15, -0.1) is 0 Å². The molecule has 6 nitrogen and oxygen atoms in total. The van der Waals surface area contributed by atoms with Gasteiger partial charge in [-0.05, 0) is 24.3 Å². The molecule has 1 N–H and O–H groups in total. The van der Waals surface area contributed by atoms with Crippen molar-refractivity contribution >= 4 is 17.6 Å². The summed E-state index contributed by atoms with van der Waals surface area (Å²) in [6, 6.07) is 6.39. The molecule has 0 bridgehead atoms. The molecule has 6 heteroatoms. The smallest absolute Gasteiger partial charge is 0.322 e. The Kier molecular flexibility index (Phi) is 3.59. The van der Waals surface area contributed by atoms with E-state index in [1.807, 2.05) is 0 Å². The van der Waals surface area contributed by atoms with Crippen molar-refractivity contribution in [1.29, 1.82) is 0 Å². The van der Waals surface area contributed by atoms with Crippen LogP contribution in [0.2, 0.25) is 0 Å². The van der Waals surface area contributed by atoms with Gasteiger partial charge in [0.2, 0.25) is 5.91 Å². The molecule has 0 aromatic heterocycles. The van der Waals surface area contributed by atoms with Crippen LogP contribution in [-0.2, 0) is 4.79 Å². The van der Waals surface area contributed by atoms with E-state index < -0.39 is 6.04 Å². The number of carbonyl (C=O) groups excluding carboxylic acids is 2. The van der Waals surface area contributed by atoms with E-state index in [-0.39, 0.29) is 11.9 Å². The molecular weight excluding hydrogens is 246 g/mol. The Balaban J connectivity index is 2.13. The first-order chi connectivity index (χ1) is 9.02. The third-order valence-electron chi connectivity index (χ3n) is 3.03. The summed E-state index contributed by atoms with van der Waals surface area (Å²) in [7, 11) is 4.93. The molecule has 0 saturated carbocycles. The van der Waals surface area contributed by atoms with Gasteiger partial charge in [0.15, 0.2) is 0 Å². The minimum Gasteiger partial charge on any atom is -0.497 e. The first kappa shape index (κ1) is 13.2. The molecule has 2 rings (SSSR count). The Labute approximate surface area is 111 Å². The highest BCUT2D eigenvalue weighted by molar-refractivity contribution is 6.00. The molecule has 1 atom stereocenters. The van der Waals surface area contributed by atoms with Crippen LogP contribution in [0.4, 0.5) is 10.5 Å². The molecular formula is C13H17N3O3. The molecule has 1 aromatic carbocycles. The maximum atomic E-state index is 11.9. The summed E-state index contributed by atoms with van der Waals surface area (Å²) in [5.41, 5.74) is 0.743. The number of ether oxygens (including phenoxy) is 1. The lowest BCUT2D eigenvalue weighted by atomic mass is 10.2. The van der Waals surface area contributed by atoms with Crippen LogP contribution >= 0.6 is 0 Å². The SMILES string of the molecule is COc1ccc(N2CC(C(=O)N(C)C)NC2=O)cc1. The van der Waals surface area contributed by atoms with Crippen molar-refractivity contribution in [2.24, 2.45) is 0 Å². The first-order valence-electron chi connectivity index (χ1n) is 5.96. The normalized spacial score (nSPS) is 18.2. The van der Waals surface area contributed by atoms with E-state index in [0.29, 0.717) is 6.54 Å². The molecule has 1 saturated heterocycles. The van der Waals surface area contributed by atoms with E-state index in [4.69, 9.17) is 4.74 Å². The molecule has 1 aromatic rings. The van der Waals surface area contributed by atoms with Gasteiger partial charge in [0.25, 0.3) is 0 Å².